The highest BCUT2D eigenvalue weighted by Crippen LogP contribution is 2.26. The van der Waals surface area contributed by atoms with Crippen molar-refractivity contribution < 1.29 is 23.9 Å². The van der Waals surface area contributed by atoms with Crippen LogP contribution in [0.3, 0.4) is 0 Å². The van der Waals surface area contributed by atoms with Gasteiger partial charge in [-0.25, -0.2) is 14.3 Å². The second kappa shape index (κ2) is 10.2. The Morgan fingerprint density at radius 2 is 1.80 bits per heavy atom. The van der Waals surface area contributed by atoms with E-state index in [-0.39, 0.29) is 28.7 Å². The number of nitrogens with zero attached hydrogens (tertiary/aromatic N) is 2. The predicted molar refractivity (Wildman–Crippen MR) is 131 cm³/mol. The first-order valence-electron chi connectivity index (χ1n) is 11.0. The highest BCUT2D eigenvalue weighted by molar-refractivity contribution is 8.00. The van der Waals surface area contributed by atoms with Crippen molar-refractivity contribution >= 4 is 35.3 Å². The summed E-state index contributed by atoms with van der Waals surface area (Å²) in [5.74, 6) is -1.65. The zero-order valence-corrected chi connectivity index (χ0v) is 20.3. The van der Waals surface area contributed by atoms with Gasteiger partial charge < -0.3 is 14.8 Å². The summed E-state index contributed by atoms with van der Waals surface area (Å²) in [5.41, 5.74) is 1.41. The largest absolute Gasteiger partial charge is 0.460 e. The highest BCUT2D eigenvalue weighted by Gasteiger charge is 2.35. The summed E-state index contributed by atoms with van der Waals surface area (Å²) in [4.78, 5) is 50.7. The second-order valence-corrected chi connectivity index (χ2v) is 9.16. The second-order valence-electron chi connectivity index (χ2n) is 8.15. The van der Waals surface area contributed by atoms with Gasteiger partial charge in [0.2, 0.25) is 12.0 Å². The Hall–Kier alpha value is -3.79. The molecule has 0 saturated carbocycles. The molecule has 2 aromatic carbocycles. The van der Waals surface area contributed by atoms with Gasteiger partial charge in [0.05, 0.1) is 22.7 Å². The number of rotatable bonds is 7. The molecule has 182 valence electrons. The van der Waals surface area contributed by atoms with Crippen molar-refractivity contribution in [2.75, 3.05) is 11.1 Å². The molecule has 1 aliphatic rings. The fourth-order valence-electron chi connectivity index (χ4n) is 3.80. The molecule has 0 aliphatic carbocycles. The minimum atomic E-state index is -0.938. The minimum Gasteiger partial charge on any atom is -0.460 e. The smallest absolute Gasteiger partial charge is 0.347 e. The molecule has 1 saturated heterocycles. The Morgan fingerprint density at radius 3 is 2.49 bits per heavy atom. The van der Waals surface area contributed by atoms with Gasteiger partial charge in [-0.05, 0) is 38.1 Å². The lowest BCUT2D eigenvalue weighted by Crippen LogP contribution is -2.24. The third-order valence-corrected chi connectivity index (χ3v) is 6.73. The van der Waals surface area contributed by atoms with Crippen LogP contribution in [0.15, 0.2) is 64.3 Å². The number of cyclic esters (lactones) is 1. The number of para-hydroxylation sites is 1. The van der Waals surface area contributed by atoms with Crippen LogP contribution in [0.5, 0.6) is 0 Å². The number of aromatic nitrogens is 2. The van der Waals surface area contributed by atoms with Crippen molar-refractivity contribution in [2.45, 2.75) is 37.4 Å². The number of nitrogens with one attached hydrogen (secondary N) is 1. The Bertz CT molecular complexity index is 1330. The first kappa shape index (κ1) is 24.3. The monoisotopic (exact) mass is 495 g/mol. The van der Waals surface area contributed by atoms with E-state index in [9.17, 15) is 19.2 Å². The molecule has 1 aromatic heterocycles. The standard InChI is InChI=1S/C25H25N3O6S/c1-15-13-19(25(32)33-15)34-24(31)18-11-7-8-12-20(18)35-14-21(29)26-22-16(2)27(3)28(23(22)30)17-9-5-4-6-10-17/h4-12,15,19H,13-14H2,1-3H3,(H,26,29)/t15-,19+/m0/s1. The number of carbonyl (C=O) groups excluding carboxylic acids is 3. The van der Waals surface area contributed by atoms with Gasteiger partial charge in [0.25, 0.3) is 5.56 Å². The molecule has 10 heteroatoms. The van der Waals surface area contributed by atoms with Crippen molar-refractivity contribution in [1.29, 1.82) is 0 Å². The van der Waals surface area contributed by atoms with Crippen molar-refractivity contribution in [3.05, 3.63) is 76.2 Å². The summed E-state index contributed by atoms with van der Waals surface area (Å²) in [6, 6.07) is 15.8. The van der Waals surface area contributed by atoms with E-state index in [1.165, 1.54) is 4.68 Å². The average molecular weight is 496 g/mol. The molecule has 1 aliphatic heterocycles. The van der Waals surface area contributed by atoms with E-state index in [0.717, 1.165) is 11.8 Å². The molecule has 9 nitrogen and oxygen atoms in total. The zero-order valence-electron chi connectivity index (χ0n) is 19.5. The van der Waals surface area contributed by atoms with Crippen LogP contribution in [-0.4, -0.2) is 45.2 Å². The van der Waals surface area contributed by atoms with E-state index in [0.29, 0.717) is 22.7 Å². The lowest BCUT2D eigenvalue weighted by Gasteiger charge is -2.11. The summed E-state index contributed by atoms with van der Waals surface area (Å²) in [6.45, 7) is 3.49. The fraction of sp³-hybridized carbons (Fsp3) is 0.280. The summed E-state index contributed by atoms with van der Waals surface area (Å²) in [5, 5.41) is 2.71. The van der Waals surface area contributed by atoms with Crippen LogP contribution in [0.4, 0.5) is 5.69 Å². The maximum Gasteiger partial charge on any atom is 0.347 e. The molecule has 1 amide bonds. The number of hydrogen-bond acceptors (Lipinski definition) is 7. The highest BCUT2D eigenvalue weighted by atomic mass is 32.2. The number of benzene rings is 2. The number of hydrogen-bond donors (Lipinski definition) is 1. The molecule has 0 spiro atoms. The fourth-order valence-corrected chi connectivity index (χ4v) is 4.64. The van der Waals surface area contributed by atoms with Gasteiger partial charge in [-0.2, -0.15) is 0 Å². The van der Waals surface area contributed by atoms with Gasteiger partial charge in [-0.3, -0.25) is 14.3 Å². The quantitative estimate of drug-likeness (QED) is 0.396. The maximum atomic E-state index is 13.0. The lowest BCUT2D eigenvalue weighted by molar-refractivity contribution is -0.147. The van der Waals surface area contributed by atoms with Gasteiger partial charge in [-0.15, -0.1) is 11.8 Å². The molecule has 3 aromatic rings. The Kier molecular flexibility index (Phi) is 7.11. The molecule has 1 N–H and O–H groups in total. The van der Waals surface area contributed by atoms with Gasteiger partial charge >= 0.3 is 11.9 Å². The summed E-state index contributed by atoms with van der Waals surface area (Å²) in [6.07, 6.45) is -0.938. The van der Waals surface area contributed by atoms with E-state index in [1.54, 1.807) is 49.8 Å². The van der Waals surface area contributed by atoms with Crippen molar-refractivity contribution in [3.63, 3.8) is 0 Å². The molecule has 4 rings (SSSR count). The predicted octanol–water partition coefficient (Wildman–Crippen LogP) is 3.08. The number of esters is 2. The Labute approximate surface area is 206 Å². The van der Waals surface area contributed by atoms with Gasteiger partial charge in [-0.1, -0.05) is 30.3 Å². The topological polar surface area (TPSA) is 109 Å². The van der Waals surface area contributed by atoms with Crippen LogP contribution in [0.2, 0.25) is 0 Å². The third-order valence-electron chi connectivity index (χ3n) is 5.66. The average Bonchev–Trinajstić information content (AvgIpc) is 3.27. The van der Waals surface area contributed by atoms with Crippen LogP contribution in [-0.2, 0) is 26.1 Å². The summed E-state index contributed by atoms with van der Waals surface area (Å²) in [7, 11) is 1.75. The molecule has 2 heterocycles. The SMILES string of the molecule is Cc1c(NC(=O)CSc2ccccc2C(=O)O[C@@H]2C[C@H](C)OC2=O)c(=O)n(-c2ccccc2)n1C. The third kappa shape index (κ3) is 5.17. The van der Waals surface area contributed by atoms with E-state index in [1.807, 2.05) is 30.3 Å². The molecule has 0 bridgehead atoms. The summed E-state index contributed by atoms with van der Waals surface area (Å²) < 4.78 is 13.5. The van der Waals surface area contributed by atoms with Gasteiger partial charge in [0, 0.05) is 18.4 Å². The number of carbonyl (C=O) groups is 3. The molecule has 0 radical (unpaired) electrons. The van der Waals surface area contributed by atoms with Gasteiger partial charge in [0.1, 0.15) is 11.8 Å². The maximum absolute atomic E-state index is 13.0. The minimum absolute atomic E-state index is 0.0358. The molecular formula is C25H25N3O6S. The van der Waals surface area contributed by atoms with E-state index >= 15 is 0 Å². The van der Waals surface area contributed by atoms with Crippen LogP contribution < -0.4 is 10.9 Å². The molecule has 35 heavy (non-hydrogen) atoms. The Morgan fingerprint density at radius 1 is 1.11 bits per heavy atom. The van der Waals surface area contributed by atoms with E-state index < -0.39 is 23.9 Å². The van der Waals surface area contributed by atoms with E-state index in [2.05, 4.69) is 5.32 Å². The number of ether oxygens (including phenoxy) is 2. The molecular weight excluding hydrogens is 470 g/mol. The van der Waals surface area contributed by atoms with Crippen molar-refractivity contribution in [3.8, 4) is 5.69 Å². The number of anilines is 1. The molecule has 1 fully saturated rings. The lowest BCUT2D eigenvalue weighted by atomic mass is 10.2. The van der Waals surface area contributed by atoms with Crippen LogP contribution in [0.1, 0.15) is 29.4 Å². The van der Waals surface area contributed by atoms with Crippen LogP contribution >= 0.6 is 11.8 Å². The van der Waals surface area contributed by atoms with Crippen molar-refractivity contribution in [1.82, 2.24) is 9.36 Å². The van der Waals surface area contributed by atoms with Gasteiger partial charge in [0.15, 0.2) is 0 Å². The zero-order chi connectivity index (χ0) is 25.1. The van der Waals surface area contributed by atoms with E-state index in [4.69, 9.17) is 9.47 Å². The number of amides is 1. The first-order chi connectivity index (χ1) is 16.8. The number of thioether (sulfide) groups is 1. The van der Waals surface area contributed by atoms with Crippen molar-refractivity contribution in [2.24, 2.45) is 7.05 Å². The normalized spacial score (nSPS) is 17.2. The first-order valence-corrected chi connectivity index (χ1v) is 12.0. The molecule has 0 unspecified atom stereocenters. The van der Waals surface area contributed by atoms with Crippen LogP contribution in [0.25, 0.3) is 5.69 Å². The summed E-state index contributed by atoms with van der Waals surface area (Å²) >= 11 is 1.14. The molecule has 2 atom stereocenters. The Balaban J connectivity index is 1.45. The van der Waals surface area contributed by atoms with Crippen LogP contribution in [0, 0.1) is 6.92 Å².